The lowest BCUT2D eigenvalue weighted by Gasteiger charge is -2.49. The maximum absolute atomic E-state index is 12.1. The van der Waals surface area contributed by atoms with Crippen molar-refractivity contribution in [3.8, 4) is 0 Å². The predicted octanol–water partition coefficient (Wildman–Crippen LogP) is 1.85. The standard InChI is InChI=1S/C15H20N2O/c1-16-17-8-7-13-12(10-14(13)15(17)18)9-11-5-3-2-4-6-11/h2-6,12-14,16H,7-10H2,1H3/t12?,13-,14?/m0/s1. The molecule has 0 aromatic heterocycles. The lowest BCUT2D eigenvalue weighted by Crippen LogP contribution is -2.57. The van der Waals surface area contributed by atoms with E-state index in [0.717, 1.165) is 25.8 Å². The summed E-state index contributed by atoms with van der Waals surface area (Å²) in [6.45, 7) is 0.863. The molecule has 0 spiro atoms. The van der Waals surface area contributed by atoms with Crippen LogP contribution in [-0.4, -0.2) is 24.5 Å². The summed E-state index contributed by atoms with van der Waals surface area (Å²) in [4.78, 5) is 12.1. The number of carbonyl (C=O) groups excluding carboxylic acids is 1. The van der Waals surface area contributed by atoms with E-state index in [1.807, 2.05) is 7.05 Å². The van der Waals surface area contributed by atoms with Gasteiger partial charge in [-0.3, -0.25) is 9.80 Å². The smallest absolute Gasteiger partial charge is 0.240 e. The zero-order valence-corrected chi connectivity index (χ0v) is 10.8. The summed E-state index contributed by atoms with van der Waals surface area (Å²) >= 11 is 0. The highest BCUT2D eigenvalue weighted by Crippen LogP contribution is 2.47. The molecule has 1 saturated heterocycles. The Hall–Kier alpha value is -1.35. The number of hydrazine groups is 1. The van der Waals surface area contributed by atoms with Gasteiger partial charge < -0.3 is 0 Å². The molecule has 1 aliphatic carbocycles. The fraction of sp³-hybridized carbons (Fsp3) is 0.533. The average Bonchev–Trinajstić information content (AvgIpc) is 2.39. The van der Waals surface area contributed by atoms with Crippen molar-refractivity contribution in [1.29, 1.82) is 0 Å². The van der Waals surface area contributed by atoms with Crippen molar-refractivity contribution in [3.05, 3.63) is 35.9 Å². The zero-order chi connectivity index (χ0) is 12.5. The van der Waals surface area contributed by atoms with E-state index in [4.69, 9.17) is 0 Å². The maximum atomic E-state index is 12.1. The van der Waals surface area contributed by atoms with Crippen molar-refractivity contribution >= 4 is 5.91 Å². The normalized spacial score (nSPS) is 30.8. The molecule has 2 aliphatic rings. The van der Waals surface area contributed by atoms with Gasteiger partial charge in [-0.15, -0.1) is 0 Å². The van der Waals surface area contributed by atoms with Crippen LogP contribution in [0, 0.1) is 17.8 Å². The van der Waals surface area contributed by atoms with E-state index < -0.39 is 0 Å². The molecule has 3 nitrogen and oxygen atoms in total. The van der Waals surface area contributed by atoms with Crippen LogP contribution < -0.4 is 5.43 Å². The molecule has 1 aromatic rings. The number of rotatable bonds is 3. The summed E-state index contributed by atoms with van der Waals surface area (Å²) in [6, 6.07) is 10.6. The topological polar surface area (TPSA) is 32.3 Å². The molecule has 2 fully saturated rings. The van der Waals surface area contributed by atoms with Crippen LogP contribution in [-0.2, 0) is 11.2 Å². The van der Waals surface area contributed by atoms with E-state index in [1.54, 1.807) is 5.01 Å². The maximum Gasteiger partial charge on any atom is 0.240 e. The number of nitrogens with one attached hydrogen (secondary N) is 1. The SMILES string of the molecule is CNN1CC[C@H]2C(Cc3ccccc3)CC2C1=O. The quantitative estimate of drug-likeness (QED) is 0.880. The van der Waals surface area contributed by atoms with E-state index in [1.165, 1.54) is 5.56 Å². The Balaban J connectivity index is 1.62. The first kappa shape index (κ1) is 11.7. The summed E-state index contributed by atoms with van der Waals surface area (Å²) in [7, 11) is 1.83. The van der Waals surface area contributed by atoms with Crippen LogP contribution in [0.3, 0.4) is 0 Å². The first-order valence-corrected chi connectivity index (χ1v) is 6.82. The lowest BCUT2D eigenvalue weighted by atomic mass is 9.59. The molecule has 1 saturated carbocycles. The van der Waals surface area contributed by atoms with E-state index in [2.05, 4.69) is 35.8 Å². The number of hydrogen-bond acceptors (Lipinski definition) is 2. The third-order valence-electron chi connectivity index (χ3n) is 4.56. The second kappa shape index (κ2) is 4.73. The molecule has 1 aliphatic heterocycles. The van der Waals surface area contributed by atoms with Gasteiger partial charge in [0.1, 0.15) is 0 Å². The van der Waals surface area contributed by atoms with Crippen molar-refractivity contribution in [1.82, 2.24) is 10.4 Å². The van der Waals surface area contributed by atoms with Gasteiger partial charge in [-0.2, -0.15) is 0 Å². The fourth-order valence-corrected chi connectivity index (χ4v) is 3.49. The van der Waals surface area contributed by atoms with Gasteiger partial charge in [-0.05, 0) is 36.7 Å². The molecule has 0 radical (unpaired) electrons. The molecular weight excluding hydrogens is 224 g/mol. The number of fused-ring (bicyclic) bond motifs is 1. The fourth-order valence-electron chi connectivity index (χ4n) is 3.49. The molecule has 18 heavy (non-hydrogen) atoms. The first-order chi connectivity index (χ1) is 8.79. The van der Waals surface area contributed by atoms with E-state index in [9.17, 15) is 4.79 Å². The third kappa shape index (κ3) is 1.93. The van der Waals surface area contributed by atoms with Gasteiger partial charge in [0.15, 0.2) is 0 Å². The van der Waals surface area contributed by atoms with Crippen molar-refractivity contribution in [2.45, 2.75) is 19.3 Å². The van der Waals surface area contributed by atoms with Crippen LogP contribution in [0.5, 0.6) is 0 Å². The number of hydrogen-bond donors (Lipinski definition) is 1. The summed E-state index contributed by atoms with van der Waals surface area (Å²) in [5.74, 6) is 1.90. The Bertz CT molecular complexity index is 431. The van der Waals surface area contributed by atoms with Crippen LogP contribution in [0.15, 0.2) is 30.3 Å². The molecule has 1 heterocycles. The van der Waals surface area contributed by atoms with Crippen LogP contribution in [0.25, 0.3) is 0 Å². The molecule has 0 bridgehead atoms. The molecular formula is C15H20N2O. The zero-order valence-electron chi connectivity index (χ0n) is 10.8. The Kier molecular flexibility index (Phi) is 3.08. The van der Waals surface area contributed by atoms with Crippen LogP contribution in [0.1, 0.15) is 18.4 Å². The van der Waals surface area contributed by atoms with Gasteiger partial charge >= 0.3 is 0 Å². The van der Waals surface area contributed by atoms with Crippen LogP contribution >= 0.6 is 0 Å². The van der Waals surface area contributed by atoms with Crippen molar-refractivity contribution < 1.29 is 4.79 Å². The van der Waals surface area contributed by atoms with Crippen molar-refractivity contribution in [2.75, 3.05) is 13.6 Å². The van der Waals surface area contributed by atoms with Crippen LogP contribution in [0.4, 0.5) is 0 Å². The minimum atomic E-state index is 0.278. The number of benzene rings is 1. The average molecular weight is 244 g/mol. The largest absolute Gasteiger partial charge is 0.278 e. The molecule has 1 amide bonds. The van der Waals surface area contributed by atoms with Crippen LogP contribution in [0.2, 0.25) is 0 Å². The monoisotopic (exact) mass is 244 g/mol. The molecule has 1 aromatic carbocycles. The highest BCUT2D eigenvalue weighted by molar-refractivity contribution is 5.80. The van der Waals surface area contributed by atoms with Gasteiger partial charge in [0.2, 0.25) is 5.91 Å². The summed E-state index contributed by atoms with van der Waals surface area (Å²) in [5.41, 5.74) is 4.39. The number of amides is 1. The van der Waals surface area contributed by atoms with Crippen molar-refractivity contribution in [3.63, 3.8) is 0 Å². The Labute approximate surface area is 108 Å². The van der Waals surface area contributed by atoms with Gasteiger partial charge in [-0.1, -0.05) is 30.3 Å². The summed E-state index contributed by atoms with van der Waals surface area (Å²) in [6.07, 6.45) is 3.35. The number of carbonyl (C=O) groups is 1. The summed E-state index contributed by atoms with van der Waals surface area (Å²) < 4.78 is 0. The molecule has 2 unspecified atom stereocenters. The highest BCUT2D eigenvalue weighted by atomic mass is 16.2. The molecule has 1 N–H and O–H groups in total. The minimum absolute atomic E-state index is 0.278. The van der Waals surface area contributed by atoms with E-state index in [-0.39, 0.29) is 5.92 Å². The Morgan fingerprint density at radius 3 is 2.83 bits per heavy atom. The van der Waals surface area contributed by atoms with E-state index in [0.29, 0.717) is 17.7 Å². The Morgan fingerprint density at radius 2 is 2.11 bits per heavy atom. The van der Waals surface area contributed by atoms with Gasteiger partial charge in [-0.25, -0.2) is 5.43 Å². The molecule has 3 rings (SSSR count). The van der Waals surface area contributed by atoms with Crippen molar-refractivity contribution in [2.24, 2.45) is 17.8 Å². The predicted molar refractivity (Wildman–Crippen MR) is 70.6 cm³/mol. The lowest BCUT2D eigenvalue weighted by molar-refractivity contribution is -0.155. The third-order valence-corrected chi connectivity index (χ3v) is 4.56. The second-order valence-corrected chi connectivity index (χ2v) is 5.46. The van der Waals surface area contributed by atoms with E-state index >= 15 is 0 Å². The number of piperidine rings is 1. The molecule has 3 heteroatoms. The highest BCUT2D eigenvalue weighted by Gasteiger charge is 2.48. The number of nitrogens with zero attached hydrogens (tertiary/aromatic N) is 1. The molecule has 3 atom stereocenters. The second-order valence-electron chi connectivity index (χ2n) is 5.46. The van der Waals surface area contributed by atoms with Gasteiger partial charge in [0.25, 0.3) is 0 Å². The summed E-state index contributed by atoms with van der Waals surface area (Å²) in [5, 5.41) is 1.78. The Morgan fingerprint density at radius 1 is 1.33 bits per heavy atom. The molecule has 96 valence electrons. The first-order valence-electron chi connectivity index (χ1n) is 6.82. The minimum Gasteiger partial charge on any atom is -0.278 e. The van der Waals surface area contributed by atoms with Gasteiger partial charge in [0, 0.05) is 19.5 Å². The van der Waals surface area contributed by atoms with Gasteiger partial charge in [0.05, 0.1) is 0 Å².